The Morgan fingerprint density at radius 2 is 1.17 bits per heavy atom. The Morgan fingerprint density at radius 3 is 1.78 bits per heavy atom. The molecule has 6 atom stereocenters. The molecule has 0 aliphatic rings. The second kappa shape index (κ2) is 28.1. The maximum Gasteiger partial charge on any atom is 0.326 e. The smallest absolute Gasteiger partial charge is 0.326 e. The zero-order chi connectivity index (χ0) is 46.1. The maximum absolute atomic E-state index is 14.2. The van der Waals surface area contributed by atoms with Gasteiger partial charge in [0.1, 0.15) is 30.2 Å². The van der Waals surface area contributed by atoms with Gasteiger partial charge in [-0.25, -0.2) is 4.79 Å². The summed E-state index contributed by atoms with van der Waals surface area (Å²) >= 11 is 1.44. The van der Waals surface area contributed by atoms with Gasteiger partial charge in [-0.3, -0.25) is 29.0 Å². The number of para-hydroxylation sites is 1. The number of aliphatic carboxylic acids is 1. The quantitative estimate of drug-likeness (QED) is 0.0236. The largest absolute Gasteiger partial charge is 0.480 e. The summed E-state index contributed by atoms with van der Waals surface area (Å²) in [5, 5.41) is 24.7. The number of nitrogens with one attached hydrogen (secondary N) is 6. The molecular formula is C43H66N12O7S. The van der Waals surface area contributed by atoms with E-state index in [-0.39, 0.29) is 51.0 Å². The number of thioether (sulfide) groups is 1. The Balaban J connectivity index is 1.87. The summed E-state index contributed by atoms with van der Waals surface area (Å²) in [4.78, 5) is 88.9. The molecule has 0 aliphatic heterocycles. The Kier molecular flexibility index (Phi) is 23.0. The van der Waals surface area contributed by atoms with E-state index in [2.05, 4.69) is 36.6 Å². The molecule has 0 saturated carbocycles. The second-order valence-electron chi connectivity index (χ2n) is 15.3. The van der Waals surface area contributed by atoms with E-state index in [0.717, 1.165) is 10.9 Å². The number of amides is 5. The highest BCUT2D eigenvalue weighted by Gasteiger charge is 2.33. The van der Waals surface area contributed by atoms with E-state index >= 15 is 0 Å². The number of hydrogen-bond acceptors (Lipinski definition) is 11. The molecule has 0 bridgehead atoms. The van der Waals surface area contributed by atoms with Crippen LogP contribution in [0.1, 0.15) is 68.9 Å². The van der Waals surface area contributed by atoms with Crippen molar-refractivity contribution in [1.29, 1.82) is 0 Å². The SMILES string of the molecule is CSCC[C@H](NC(=O)[C@H](CCCCN)NC(=O)[C@@H](N)CCCCN)C(=O)N[C@@H](CCCN=C(N)N)C(=O)N[C@@H](Cc1ccccc1)C(=O)N[C@@H](Cc1c[nH]c2ccccc12)C(=O)O. The fourth-order valence-electron chi connectivity index (χ4n) is 6.83. The molecule has 5 amide bonds. The van der Waals surface area contributed by atoms with Gasteiger partial charge in [-0.1, -0.05) is 55.0 Å². The number of rotatable bonds is 30. The topological polar surface area (TPSA) is 341 Å². The molecule has 0 radical (unpaired) electrons. The molecule has 20 heteroatoms. The number of guanidine groups is 1. The number of aliphatic imine (C=N–C) groups is 1. The fraction of sp³-hybridized carbons (Fsp3) is 0.512. The molecule has 0 saturated heterocycles. The molecule has 2 aromatic carbocycles. The molecular weight excluding hydrogens is 829 g/mol. The van der Waals surface area contributed by atoms with Crippen LogP contribution in [0, 0.1) is 0 Å². The monoisotopic (exact) mass is 894 g/mol. The lowest BCUT2D eigenvalue weighted by Gasteiger charge is -2.27. The van der Waals surface area contributed by atoms with E-state index in [1.54, 1.807) is 36.5 Å². The van der Waals surface area contributed by atoms with Crippen molar-refractivity contribution in [3.05, 3.63) is 71.9 Å². The Hall–Kier alpha value is -5.70. The van der Waals surface area contributed by atoms with Crippen LogP contribution in [0.2, 0.25) is 0 Å². The molecule has 0 fully saturated rings. The molecule has 63 heavy (non-hydrogen) atoms. The molecule has 1 heterocycles. The van der Waals surface area contributed by atoms with E-state index in [1.807, 2.05) is 30.5 Å². The molecule has 0 aliphatic carbocycles. The van der Waals surface area contributed by atoms with Crippen LogP contribution in [0.3, 0.4) is 0 Å². The molecule has 3 rings (SSSR count). The Morgan fingerprint density at radius 1 is 0.651 bits per heavy atom. The van der Waals surface area contributed by atoms with Gasteiger partial charge in [-0.2, -0.15) is 11.8 Å². The highest BCUT2D eigenvalue weighted by molar-refractivity contribution is 7.98. The number of carbonyl (C=O) groups is 6. The Bertz CT molecular complexity index is 1940. The number of carboxylic acid groups (broad SMARTS) is 1. The van der Waals surface area contributed by atoms with Crippen LogP contribution in [0.4, 0.5) is 0 Å². The van der Waals surface area contributed by atoms with E-state index in [1.165, 1.54) is 11.8 Å². The van der Waals surface area contributed by atoms with Gasteiger partial charge in [-0.05, 0) is 93.7 Å². The summed E-state index contributed by atoms with van der Waals surface area (Å²) in [7, 11) is 0. The van der Waals surface area contributed by atoms with Crippen molar-refractivity contribution in [2.75, 3.05) is 31.6 Å². The first-order chi connectivity index (χ1) is 30.3. The average Bonchev–Trinajstić information content (AvgIpc) is 3.67. The number of fused-ring (bicyclic) bond motifs is 1. The van der Waals surface area contributed by atoms with Gasteiger partial charge < -0.3 is 65.3 Å². The zero-order valence-corrected chi connectivity index (χ0v) is 36.8. The van der Waals surface area contributed by atoms with Crippen LogP contribution in [-0.4, -0.2) is 119 Å². The van der Waals surface area contributed by atoms with Crippen LogP contribution in [0.25, 0.3) is 10.9 Å². The lowest BCUT2D eigenvalue weighted by atomic mass is 10.0. The normalized spacial score (nSPS) is 14.0. The number of carboxylic acids is 1. The minimum absolute atomic E-state index is 0.00709. The number of H-pyrrole nitrogens is 1. The number of unbranched alkanes of at least 4 members (excludes halogenated alkanes) is 2. The lowest BCUT2D eigenvalue weighted by Crippen LogP contribution is -2.59. The lowest BCUT2D eigenvalue weighted by molar-refractivity contribution is -0.142. The van der Waals surface area contributed by atoms with Crippen molar-refractivity contribution in [3.8, 4) is 0 Å². The highest BCUT2D eigenvalue weighted by atomic mass is 32.2. The predicted octanol–water partition coefficient (Wildman–Crippen LogP) is -0.146. The van der Waals surface area contributed by atoms with Gasteiger partial charge in [0, 0.05) is 36.5 Å². The summed E-state index contributed by atoms with van der Waals surface area (Å²) < 4.78 is 0. The van der Waals surface area contributed by atoms with Crippen molar-refractivity contribution in [3.63, 3.8) is 0 Å². The third-order valence-corrected chi connectivity index (χ3v) is 11.0. The van der Waals surface area contributed by atoms with Crippen LogP contribution >= 0.6 is 11.8 Å². The fourth-order valence-corrected chi connectivity index (χ4v) is 7.30. The number of aromatic amines is 1. The van der Waals surface area contributed by atoms with Gasteiger partial charge in [-0.15, -0.1) is 0 Å². The standard InChI is InChI=1S/C43H66N12O7S/c1-63-23-19-34(53-38(57)32(17-8-10-21-45)51-37(56)30(46)15-7-9-20-44)40(59)52-33(18-11-22-49-43(47)48)39(58)54-35(24-27-12-3-2-4-13-27)41(60)55-36(42(61)62)25-28-26-50-31-16-6-5-14-29(28)31/h2-6,12-14,16,26,30,32-36,50H,7-11,15,17-25,44-46H2,1H3,(H,51,56)(H,52,59)(H,53,57)(H,54,58)(H,55,60)(H,61,62)(H4,47,48,49)/t30-,32-,33-,34-,35-,36-/m0/s1. The average molecular weight is 895 g/mol. The van der Waals surface area contributed by atoms with Crippen LogP contribution in [0.5, 0.6) is 0 Å². The maximum atomic E-state index is 14.2. The molecule has 17 N–H and O–H groups in total. The summed E-state index contributed by atoms with van der Waals surface area (Å²) in [6, 6.07) is 9.37. The summed E-state index contributed by atoms with van der Waals surface area (Å²) in [5.41, 5.74) is 30.6. The number of hydrogen-bond donors (Lipinski definition) is 12. The van der Waals surface area contributed by atoms with Crippen molar-refractivity contribution >= 4 is 64.1 Å². The predicted molar refractivity (Wildman–Crippen MR) is 246 cm³/mol. The molecule has 1 aromatic heterocycles. The van der Waals surface area contributed by atoms with Crippen molar-refractivity contribution in [2.45, 2.75) is 107 Å². The van der Waals surface area contributed by atoms with E-state index < -0.39 is 71.8 Å². The second-order valence-corrected chi connectivity index (χ2v) is 16.3. The van der Waals surface area contributed by atoms with E-state index in [4.69, 9.17) is 28.7 Å². The summed E-state index contributed by atoms with van der Waals surface area (Å²) in [5.74, 6) is -4.26. The van der Waals surface area contributed by atoms with Gasteiger partial charge in [0.2, 0.25) is 29.5 Å². The number of benzene rings is 2. The number of aromatic nitrogens is 1. The third-order valence-electron chi connectivity index (χ3n) is 10.3. The zero-order valence-electron chi connectivity index (χ0n) is 36.0. The van der Waals surface area contributed by atoms with Crippen LogP contribution in [0.15, 0.2) is 65.8 Å². The molecule has 346 valence electrons. The number of carbonyl (C=O) groups excluding carboxylic acids is 5. The van der Waals surface area contributed by atoms with Gasteiger partial charge >= 0.3 is 5.97 Å². The first-order valence-electron chi connectivity index (χ1n) is 21.3. The Labute approximate surface area is 372 Å². The highest BCUT2D eigenvalue weighted by Crippen LogP contribution is 2.19. The van der Waals surface area contributed by atoms with E-state index in [9.17, 15) is 33.9 Å². The molecule has 19 nitrogen and oxygen atoms in total. The number of nitrogens with zero attached hydrogens (tertiary/aromatic N) is 1. The van der Waals surface area contributed by atoms with E-state index in [0.29, 0.717) is 62.1 Å². The minimum atomic E-state index is -1.35. The molecule has 3 aromatic rings. The molecule has 0 unspecified atom stereocenters. The van der Waals surface area contributed by atoms with Gasteiger partial charge in [0.25, 0.3) is 0 Å². The first-order valence-corrected chi connectivity index (χ1v) is 22.7. The van der Waals surface area contributed by atoms with Crippen molar-refractivity contribution in [1.82, 2.24) is 31.6 Å². The van der Waals surface area contributed by atoms with Gasteiger partial charge in [0.15, 0.2) is 5.96 Å². The first kappa shape index (κ1) is 51.6. The van der Waals surface area contributed by atoms with Crippen molar-refractivity contribution < 1.29 is 33.9 Å². The molecule has 0 spiro atoms. The van der Waals surface area contributed by atoms with Crippen LogP contribution in [-0.2, 0) is 41.6 Å². The third kappa shape index (κ3) is 18.3. The number of nitrogens with two attached hydrogens (primary N) is 5. The minimum Gasteiger partial charge on any atom is -0.480 e. The van der Waals surface area contributed by atoms with Crippen molar-refractivity contribution in [2.24, 2.45) is 33.7 Å². The van der Waals surface area contributed by atoms with Gasteiger partial charge in [0.05, 0.1) is 6.04 Å². The summed E-state index contributed by atoms with van der Waals surface area (Å²) in [6.07, 6.45) is 6.99. The van der Waals surface area contributed by atoms with Crippen LogP contribution < -0.4 is 55.3 Å². The summed E-state index contributed by atoms with van der Waals surface area (Å²) in [6.45, 7) is 0.959.